The second kappa shape index (κ2) is 4.68. The van der Waals surface area contributed by atoms with E-state index in [9.17, 15) is 19.8 Å². The molecule has 4 fully saturated rings. The molecule has 2 aliphatic heterocycles. The van der Waals surface area contributed by atoms with E-state index in [-0.39, 0.29) is 24.7 Å². The summed E-state index contributed by atoms with van der Waals surface area (Å²) in [5, 5.41) is 22.1. The maximum absolute atomic E-state index is 12.6. The summed E-state index contributed by atoms with van der Waals surface area (Å²) in [5.74, 6) is -0.770. The Labute approximate surface area is 129 Å². The number of ether oxygens (including phenoxy) is 1. The van der Waals surface area contributed by atoms with Gasteiger partial charge in [-0.2, -0.15) is 0 Å². The Morgan fingerprint density at radius 3 is 2.64 bits per heavy atom. The molecule has 0 aromatic carbocycles. The molecule has 122 valence electrons. The molecular weight excluding hydrogens is 286 g/mol. The van der Waals surface area contributed by atoms with Crippen molar-refractivity contribution < 1.29 is 24.5 Å². The van der Waals surface area contributed by atoms with E-state index in [1.54, 1.807) is 0 Å². The zero-order valence-corrected chi connectivity index (χ0v) is 12.7. The first-order valence-corrected chi connectivity index (χ1v) is 8.28. The van der Waals surface area contributed by atoms with Gasteiger partial charge in [-0.05, 0) is 43.4 Å². The number of hydrogen-bond acceptors (Lipinski definition) is 4. The second-order valence-electron chi connectivity index (χ2n) is 7.65. The smallest absolute Gasteiger partial charge is 0.310 e. The molecule has 0 spiro atoms. The van der Waals surface area contributed by atoms with E-state index in [1.807, 2.05) is 0 Å². The molecule has 4 rings (SSSR count). The van der Waals surface area contributed by atoms with Gasteiger partial charge in [-0.3, -0.25) is 9.59 Å². The van der Waals surface area contributed by atoms with Gasteiger partial charge in [0.25, 0.3) is 0 Å². The Morgan fingerprint density at radius 1 is 1.32 bits per heavy atom. The lowest BCUT2D eigenvalue weighted by Crippen LogP contribution is -2.50. The van der Waals surface area contributed by atoms with E-state index >= 15 is 0 Å². The summed E-state index contributed by atoms with van der Waals surface area (Å²) < 4.78 is 5.73. The van der Waals surface area contributed by atoms with Crippen molar-refractivity contribution >= 4 is 11.9 Å². The number of aliphatic hydroxyl groups excluding tert-OH is 1. The van der Waals surface area contributed by atoms with Gasteiger partial charge < -0.3 is 20.3 Å². The number of carbonyl (C=O) groups is 2. The van der Waals surface area contributed by atoms with Crippen molar-refractivity contribution in [3.8, 4) is 0 Å². The van der Waals surface area contributed by atoms with Crippen LogP contribution in [0.5, 0.6) is 0 Å². The number of rotatable bonds is 5. The maximum atomic E-state index is 12.6. The minimum absolute atomic E-state index is 0.201. The zero-order valence-electron chi connectivity index (χ0n) is 12.7. The fraction of sp³-hybridized carbons (Fsp3) is 0.875. The minimum atomic E-state index is -1.06. The van der Waals surface area contributed by atoms with Gasteiger partial charge in [-0.25, -0.2) is 0 Å². The van der Waals surface area contributed by atoms with Crippen LogP contribution in [0.1, 0.15) is 32.6 Å². The quantitative estimate of drug-likeness (QED) is 0.683. The van der Waals surface area contributed by atoms with Crippen molar-refractivity contribution in [1.82, 2.24) is 5.32 Å². The lowest BCUT2D eigenvalue weighted by atomic mass is 9.71. The van der Waals surface area contributed by atoms with Crippen LogP contribution in [0.3, 0.4) is 0 Å². The van der Waals surface area contributed by atoms with Crippen LogP contribution >= 0.6 is 0 Å². The van der Waals surface area contributed by atoms with E-state index in [4.69, 9.17) is 4.74 Å². The van der Waals surface area contributed by atoms with Crippen LogP contribution in [0, 0.1) is 29.6 Å². The third-order valence-corrected chi connectivity index (χ3v) is 6.29. The molecule has 0 aromatic rings. The van der Waals surface area contributed by atoms with Crippen LogP contribution in [-0.4, -0.2) is 46.4 Å². The lowest BCUT2D eigenvalue weighted by molar-refractivity contribution is -0.153. The Balaban J connectivity index is 1.45. The Kier molecular flexibility index (Phi) is 3.07. The van der Waals surface area contributed by atoms with Gasteiger partial charge in [0, 0.05) is 6.04 Å². The molecule has 6 nitrogen and oxygen atoms in total. The van der Waals surface area contributed by atoms with Crippen molar-refractivity contribution in [2.75, 3.05) is 6.61 Å². The van der Waals surface area contributed by atoms with Crippen molar-refractivity contribution in [2.24, 2.45) is 29.6 Å². The number of carboxylic acids is 1. The largest absolute Gasteiger partial charge is 0.481 e. The van der Waals surface area contributed by atoms with Gasteiger partial charge in [0.2, 0.25) is 5.91 Å². The number of carbonyl (C=O) groups excluding carboxylic acids is 1. The summed E-state index contributed by atoms with van der Waals surface area (Å²) in [7, 11) is 0. The number of aliphatic hydroxyl groups is 1. The topological polar surface area (TPSA) is 95.9 Å². The molecule has 6 heteroatoms. The molecule has 2 bridgehead atoms. The van der Waals surface area contributed by atoms with Crippen molar-refractivity contribution in [3.05, 3.63) is 0 Å². The first-order chi connectivity index (χ1) is 10.5. The van der Waals surface area contributed by atoms with Crippen molar-refractivity contribution in [3.63, 3.8) is 0 Å². The van der Waals surface area contributed by atoms with Crippen LogP contribution in [0.25, 0.3) is 0 Å². The summed E-state index contributed by atoms with van der Waals surface area (Å²) in [6.07, 6.45) is 3.06. The highest BCUT2D eigenvalue weighted by Gasteiger charge is 2.65. The Bertz CT molecular complexity index is 523. The number of hydrogen-bond donors (Lipinski definition) is 3. The van der Waals surface area contributed by atoms with Crippen molar-refractivity contribution in [1.29, 1.82) is 0 Å². The van der Waals surface area contributed by atoms with Gasteiger partial charge in [0.05, 0.1) is 18.6 Å². The average Bonchev–Trinajstić information content (AvgIpc) is 3.31. The molecule has 0 radical (unpaired) electrons. The summed E-state index contributed by atoms with van der Waals surface area (Å²) in [5.41, 5.74) is -1.06. The van der Waals surface area contributed by atoms with E-state index in [0.717, 1.165) is 18.3 Å². The first kappa shape index (κ1) is 14.5. The van der Waals surface area contributed by atoms with E-state index in [2.05, 4.69) is 12.2 Å². The third kappa shape index (κ3) is 2.00. The Hall–Kier alpha value is -1.14. The highest BCUT2D eigenvalue weighted by molar-refractivity contribution is 5.87. The molecule has 2 saturated heterocycles. The van der Waals surface area contributed by atoms with E-state index < -0.39 is 23.4 Å². The molecule has 0 aromatic heterocycles. The summed E-state index contributed by atoms with van der Waals surface area (Å²) >= 11 is 0. The number of nitrogens with one attached hydrogen (secondary N) is 1. The molecule has 2 saturated carbocycles. The van der Waals surface area contributed by atoms with Crippen LogP contribution < -0.4 is 5.32 Å². The fourth-order valence-electron chi connectivity index (χ4n) is 4.82. The summed E-state index contributed by atoms with van der Waals surface area (Å²) in [4.78, 5) is 24.2. The predicted octanol–water partition coefficient (Wildman–Crippen LogP) is 0.388. The molecule has 2 aliphatic carbocycles. The molecule has 2 heterocycles. The van der Waals surface area contributed by atoms with E-state index in [1.165, 1.54) is 6.42 Å². The molecule has 4 aliphatic rings. The molecule has 8 atom stereocenters. The highest BCUT2D eigenvalue weighted by atomic mass is 16.5. The molecule has 0 unspecified atom stereocenters. The van der Waals surface area contributed by atoms with E-state index in [0.29, 0.717) is 18.8 Å². The normalized spacial score (nSPS) is 51.6. The van der Waals surface area contributed by atoms with Crippen LogP contribution in [-0.2, 0) is 14.3 Å². The monoisotopic (exact) mass is 309 g/mol. The standard InChI is InChI=1S/C16H23NO5/c1-7-4-8(7)9-5-10(9)17-14(19)12-11-2-3-16(6-18,22-11)13(12)15(20)21/h7-13,18H,2-6H2,1H3,(H,17,19)(H,20,21)/t7-,8-,9+,10-,11+,12+,13-,16+/m1/s1. The number of carboxylic acid groups (broad SMARTS) is 1. The SMILES string of the molecule is C[C@@H]1C[C@H]1[C@@H]1C[C@H]1NC(=O)[C@H]1[C@@H]2CC[C@@](CO)(O2)[C@H]1C(=O)O. The van der Waals surface area contributed by atoms with Gasteiger partial charge in [-0.15, -0.1) is 0 Å². The molecular formula is C16H23NO5. The van der Waals surface area contributed by atoms with Crippen molar-refractivity contribution in [2.45, 2.75) is 50.4 Å². The van der Waals surface area contributed by atoms with Gasteiger partial charge in [0.15, 0.2) is 0 Å². The number of amides is 1. The number of fused-ring (bicyclic) bond motifs is 2. The first-order valence-electron chi connectivity index (χ1n) is 8.28. The zero-order chi connectivity index (χ0) is 15.6. The highest BCUT2D eigenvalue weighted by Crippen LogP contribution is 2.55. The third-order valence-electron chi connectivity index (χ3n) is 6.29. The fourth-order valence-corrected chi connectivity index (χ4v) is 4.82. The molecule has 3 N–H and O–H groups in total. The number of aliphatic carboxylic acids is 1. The summed E-state index contributed by atoms with van der Waals surface area (Å²) in [6.45, 7) is 1.90. The lowest BCUT2D eigenvalue weighted by Gasteiger charge is -2.31. The second-order valence-corrected chi connectivity index (χ2v) is 7.65. The van der Waals surface area contributed by atoms with Gasteiger partial charge in [0.1, 0.15) is 11.5 Å². The maximum Gasteiger partial charge on any atom is 0.310 e. The van der Waals surface area contributed by atoms with Gasteiger partial charge in [-0.1, -0.05) is 6.92 Å². The Morgan fingerprint density at radius 2 is 2.05 bits per heavy atom. The predicted molar refractivity (Wildman–Crippen MR) is 75.8 cm³/mol. The van der Waals surface area contributed by atoms with Crippen LogP contribution in [0.15, 0.2) is 0 Å². The minimum Gasteiger partial charge on any atom is -0.481 e. The summed E-state index contributed by atoms with van der Waals surface area (Å²) in [6, 6.07) is 0.209. The average molecular weight is 309 g/mol. The van der Waals surface area contributed by atoms with Crippen LogP contribution in [0.4, 0.5) is 0 Å². The van der Waals surface area contributed by atoms with Crippen LogP contribution in [0.2, 0.25) is 0 Å². The molecule has 22 heavy (non-hydrogen) atoms. The molecule has 1 amide bonds. The van der Waals surface area contributed by atoms with Gasteiger partial charge >= 0.3 is 5.97 Å².